The van der Waals surface area contributed by atoms with Crippen LogP contribution < -0.4 is 5.73 Å². The number of benzene rings is 1. The van der Waals surface area contributed by atoms with E-state index in [4.69, 9.17) is 10.5 Å². The van der Waals surface area contributed by atoms with Gasteiger partial charge in [-0.15, -0.1) is 0 Å². The topological polar surface area (TPSA) is 86.7 Å². The minimum absolute atomic E-state index is 0.129. The number of aromatic nitrogens is 2. The van der Waals surface area contributed by atoms with Gasteiger partial charge in [0, 0.05) is 5.56 Å². The fourth-order valence-corrected chi connectivity index (χ4v) is 3.05. The summed E-state index contributed by atoms with van der Waals surface area (Å²) in [5.74, 6) is -1.67. The molecular formula is C20H20FN3O3. The summed E-state index contributed by atoms with van der Waals surface area (Å²) in [6, 6.07) is 9.00. The third-order valence-electron chi connectivity index (χ3n) is 4.24. The molecule has 0 unspecified atom stereocenters. The van der Waals surface area contributed by atoms with Gasteiger partial charge in [-0.2, -0.15) is 5.10 Å². The molecule has 2 aromatic heterocycles. The van der Waals surface area contributed by atoms with Crippen LogP contribution in [-0.4, -0.2) is 28.1 Å². The van der Waals surface area contributed by atoms with Gasteiger partial charge in [-0.3, -0.25) is 4.79 Å². The molecule has 1 amide bonds. The van der Waals surface area contributed by atoms with Crippen LogP contribution in [0.3, 0.4) is 0 Å². The Morgan fingerprint density at radius 1 is 1.19 bits per heavy atom. The van der Waals surface area contributed by atoms with Crippen LogP contribution in [0.2, 0.25) is 0 Å². The second-order valence-electron chi connectivity index (χ2n) is 6.40. The van der Waals surface area contributed by atoms with Gasteiger partial charge >= 0.3 is 5.97 Å². The van der Waals surface area contributed by atoms with E-state index in [2.05, 4.69) is 5.10 Å². The minimum atomic E-state index is -0.633. The molecule has 3 rings (SSSR count). The van der Waals surface area contributed by atoms with Crippen LogP contribution in [0, 0.1) is 5.82 Å². The fraction of sp³-hybridized carbons (Fsp3) is 0.250. The van der Waals surface area contributed by atoms with E-state index in [0.29, 0.717) is 27.9 Å². The fourth-order valence-electron chi connectivity index (χ4n) is 3.05. The molecule has 0 fully saturated rings. The zero-order valence-corrected chi connectivity index (χ0v) is 15.3. The van der Waals surface area contributed by atoms with E-state index in [1.807, 2.05) is 13.8 Å². The number of rotatable bonds is 5. The standard InChI is InChI=1S/C20H20FN3O3/c1-4-27-20(26)17-16(12-5-7-13(21)8-6-12)14-9-10-15(19(22)25)24(14)23-18(17)11(2)3/h5-11H,4H2,1-3H3,(H2,22,25). The first kappa shape index (κ1) is 18.6. The quantitative estimate of drug-likeness (QED) is 0.697. The molecule has 7 heteroatoms. The number of nitrogens with zero attached hydrogens (tertiary/aromatic N) is 2. The van der Waals surface area contributed by atoms with Gasteiger partial charge in [0.2, 0.25) is 0 Å². The van der Waals surface area contributed by atoms with Crippen molar-refractivity contribution in [2.45, 2.75) is 26.7 Å². The van der Waals surface area contributed by atoms with Crippen LogP contribution in [0.4, 0.5) is 4.39 Å². The lowest BCUT2D eigenvalue weighted by Crippen LogP contribution is -2.19. The SMILES string of the molecule is CCOC(=O)c1c(C(C)C)nn2c(C(N)=O)ccc2c1-c1ccc(F)cc1. The van der Waals surface area contributed by atoms with E-state index >= 15 is 0 Å². The van der Waals surface area contributed by atoms with Gasteiger partial charge in [-0.25, -0.2) is 13.7 Å². The van der Waals surface area contributed by atoms with Crippen molar-refractivity contribution in [1.29, 1.82) is 0 Å². The lowest BCUT2D eigenvalue weighted by molar-refractivity contribution is 0.0524. The number of amides is 1. The molecule has 27 heavy (non-hydrogen) atoms. The van der Waals surface area contributed by atoms with Crippen LogP contribution in [0.5, 0.6) is 0 Å². The number of carbonyl (C=O) groups is 2. The first-order chi connectivity index (χ1) is 12.8. The van der Waals surface area contributed by atoms with Gasteiger partial charge in [0.15, 0.2) is 0 Å². The molecule has 0 saturated carbocycles. The molecule has 0 spiro atoms. The number of carbonyl (C=O) groups excluding carboxylic acids is 2. The predicted octanol–water partition coefficient (Wildman–Crippen LogP) is 3.54. The molecule has 0 atom stereocenters. The van der Waals surface area contributed by atoms with E-state index in [0.717, 1.165) is 0 Å². The van der Waals surface area contributed by atoms with Crippen molar-refractivity contribution in [3.8, 4) is 11.1 Å². The lowest BCUT2D eigenvalue weighted by Gasteiger charge is -2.18. The van der Waals surface area contributed by atoms with Crippen LogP contribution in [0.1, 0.15) is 53.2 Å². The number of hydrogen-bond donors (Lipinski definition) is 1. The van der Waals surface area contributed by atoms with Crippen LogP contribution in [-0.2, 0) is 4.74 Å². The summed E-state index contributed by atoms with van der Waals surface area (Å²) in [4.78, 5) is 24.6. The number of halogens is 1. The summed E-state index contributed by atoms with van der Waals surface area (Å²) in [6.07, 6.45) is 0. The number of primary amides is 1. The van der Waals surface area contributed by atoms with Gasteiger partial charge in [-0.1, -0.05) is 26.0 Å². The molecule has 140 valence electrons. The molecule has 2 heterocycles. The van der Waals surface area contributed by atoms with Crippen molar-refractivity contribution >= 4 is 17.4 Å². The zero-order chi connectivity index (χ0) is 19.7. The summed E-state index contributed by atoms with van der Waals surface area (Å²) in [6.45, 7) is 5.70. The Bertz CT molecular complexity index is 1020. The first-order valence-electron chi connectivity index (χ1n) is 8.63. The lowest BCUT2D eigenvalue weighted by atomic mass is 9.94. The molecule has 0 aliphatic rings. The number of fused-ring (bicyclic) bond motifs is 1. The van der Waals surface area contributed by atoms with Crippen molar-refractivity contribution in [3.63, 3.8) is 0 Å². The molecule has 1 aromatic carbocycles. The molecule has 2 N–H and O–H groups in total. The summed E-state index contributed by atoms with van der Waals surface area (Å²) < 4.78 is 20.1. The van der Waals surface area contributed by atoms with E-state index in [-0.39, 0.29) is 24.0 Å². The molecule has 0 aliphatic heterocycles. The Kier molecular flexibility index (Phi) is 4.94. The molecule has 3 aromatic rings. The number of hydrogen-bond acceptors (Lipinski definition) is 4. The van der Waals surface area contributed by atoms with E-state index in [9.17, 15) is 14.0 Å². The van der Waals surface area contributed by atoms with Gasteiger partial charge < -0.3 is 10.5 Å². The number of nitrogens with two attached hydrogens (primary N) is 1. The minimum Gasteiger partial charge on any atom is -0.462 e. The molecular weight excluding hydrogens is 349 g/mol. The Morgan fingerprint density at radius 3 is 2.41 bits per heavy atom. The Morgan fingerprint density at radius 2 is 1.85 bits per heavy atom. The monoisotopic (exact) mass is 369 g/mol. The number of esters is 1. The first-order valence-corrected chi connectivity index (χ1v) is 8.63. The molecule has 0 radical (unpaired) electrons. The Balaban J connectivity index is 2.46. The second-order valence-corrected chi connectivity index (χ2v) is 6.40. The van der Waals surface area contributed by atoms with Gasteiger partial charge in [-0.05, 0) is 42.7 Å². The molecule has 0 saturated heterocycles. The van der Waals surface area contributed by atoms with Gasteiger partial charge in [0.05, 0.1) is 23.4 Å². The Labute approximate surface area is 155 Å². The summed E-state index contributed by atoms with van der Waals surface area (Å²) in [5.41, 5.74) is 8.10. The van der Waals surface area contributed by atoms with Crippen molar-refractivity contribution in [2.24, 2.45) is 5.73 Å². The van der Waals surface area contributed by atoms with Crippen molar-refractivity contribution in [1.82, 2.24) is 9.61 Å². The largest absolute Gasteiger partial charge is 0.462 e. The van der Waals surface area contributed by atoms with E-state index < -0.39 is 11.9 Å². The highest BCUT2D eigenvalue weighted by atomic mass is 19.1. The van der Waals surface area contributed by atoms with E-state index in [1.54, 1.807) is 31.2 Å². The average molecular weight is 369 g/mol. The molecule has 6 nitrogen and oxygen atoms in total. The maximum Gasteiger partial charge on any atom is 0.340 e. The summed E-state index contributed by atoms with van der Waals surface area (Å²) in [5, 5.41) is 4.50. The van der Waals surface area contributed by atoms with Crippen molar-refractivity contribution in [3.05, 3.63) is 59.2 Å². The van der Waals surface area contributed by atoms with E-state index in [1.165, 1.54) is 16.6 Å². The third-order valence-corrected chi connectivity index (χ3v) is 4.24. The maximum atomic E-state index is 13.4. The third kappa shape index (κ3) is 3.28. The smallest absolute Gasteiger partial charge is 0.340 e. The van der Waals surface area contributed by atoms with Gasteiger partial charge in [0.25, 0.3) is 5.91 Å². The van der Waals surface area contributed by atoms with Crippen LogP contribution >= 0.6 is 0 Å². The highest BCUT2D eigenvalue weighted by Crippen LogP contribution is 2.34. The van der Waals surface area contributed by atoms with Crippen molar-refractivity contribution < 1.29 is 18.7 Å². The Hall–Kier alpha value is -3.22. The molecule has 0 bridgehead atoms. The van der Waals surface area contributed by atoms with Crippen LogP contribution in [0.15, 0.2) is 36.4 Å². The second kappa shape index (κ2) is 7.19. The normalized spacial score (nSPS) is 11.1. The van der Waals surface area contributed by atoms with Crippen molar-refractivity contribution in [2.75, 3.05) is 6.61 Å². The summed E-state index contributed by atoms with van der Waals surface area (Å²) >= 11 is 0. The highest BCUT2D eigenvalue weighted by Gasteiger charge is 2.26. The highest BCUT2D eigenvalue weighted by molar-refractivity contribution is 6.04. The van der Waals surface area contributed by atoms with Crippen LogP contribution in [0.25, 0.3) is 16.6 Å². The maximum absolute atomic E-state index is 13.4. The average Bonchev–Trinajstić information content (AvgIpc) is 3.05. The zero-order valence-electron chi connectivity index (χ0n) is 15.3. The van der Waals surface area contributed by atoms with Gasteiger partial charge in [0.1, 0.15) is 11.5 Å². The molecule has 0 aliphatic carbocycles. The summed E-state index contributed by atoms with van der Waals surface area (Å²) in [7, 11) is 0. The number of ether oxygens (including phenoxy) is 1. The predicted molar refractivity (Wildman–Crippen MR) is 99.1 cm³/mol.